The van der Waals surface area contributed by atoms with Crippen LogP contribution in [-0.4, -0.2) is 56.5 Å². The van der Waals surface area contributed by atoms with Crippen molar-refractivity contribution in [1.29, 1.82) is 0 Å². The van der Waals surface area contributed by atoms with Crippen LogP contribution >= 0.6 is 0 Å². The number of aromatic nitrogens is 3. The molecule has 156 valence electrons. The summed E-state index contributed by atoms with van der Waals surface area (Å²) in [5.74, 6) is -0.334. The van der Waals surface area contributed by atoms with E-state index in [4.69, 9.17) is 0 Å². The first-order valence-corrected chi connectivity index (χ1v) is 10.1. The van der Waals surface area contributed by atoms with Crippen LogP contribution in [0.15, 0.2) is 36.5 Å². The number of rotatable bonds is 8. The lowest BCUT2D eigenvalue weighted by molar-refractivity contribution is -0.132. The molecule has 2 aromatic rings. The summed E-state index contributed by atoms with van der Waals surface area (Å²) < 4.78 is 15.6. The first-order chi connectivity index (χ1) is 13.9. The van der Waals surface area contributed by atoms with Gasteiger partial charge in [0.25, 0.3) is 5.91 Å². The molecule has 8 heteroatoms. The maximum absolute atomic E-state index is 14.0. The zero-order valence-electron chi connectivity index (χ0n) is 16.9. The van der Waals surface area contributed by atoms with Gasteiger partial charge in [0.1, 0.15) is 6.17 Å². The van der Waals surface area contributed by atoms with Gasteiger partial charge >= 0.3 is 0 Å². The van der Waals surface area contributed by atoms with Crippen LogP contribution in [-0.2, 0) is 17.8 Å². The van der Waals surface area contributed by atoms with Crippen molar-refractivity contribution in [1.82, 2.24) is 25.2 Å². The first-order valence-electron chi connectivity index (χ1n) is 10.1. The van der Waals surface area contributed by atoms with Crippen LogP contribution in [0.2, 0.25) is 0 Å². The minimum absolute atomic E-state index is 0.00113. The molecule has 2 heterocycles. The monoisotopic (exact) mass is 401 g/mol. The van der Waals surface area contributed by atoms with E-state index in [1.165, 1.54) is 10.2 Å². The number of nitrogens with zero attached hydrogens (tertiary/aromatic N) is 4. The highest BCUT2D eigenvalue weighted by atomic mass is 19.1. The fourth-order valence-electron chi connectivity index (χ4n) is 3.61. The number of hydrogen-bond donors (Lipinski definition) is 1. The fourth-order valence-corrected chi connectivity index (χ4v) is 3.61. The number of aryl methyl sites for hydroxylation is 1. The van der Waals surface area contributed by atoms with Gasteiger partial charge in [0.2, 0.25) is 5.91 Å². The zero-order valence-corrected chi connectivity index (χ0v) is 16.9. The fraction of sp³-hybridized carbons (Fsp3) is 0.524. The SMILES string of the molecule is CC(C)NC(=O)c1cn(C[C@@H]2C[C@H](F)CN2C(=O)CCCc2ccccc2)nn1. The number of carbonyl (C=O) groups excluding carboxylic acids is 2. The third-order valence-corrected chi connectivity index (χ3v) is 4.97. The summed E-state index contributed by atoms with van der Waals surface area (Å²) >= 11 is 0. The molecule has 0 aliphatic carbocycles. The van der Waals surface area contributed by atoms with Gasteiger partial charge < -0.3 is 10.2 Å². The lowest BCUT2D eigenvalue weighted by atomic mass is 10.1. The molecule has 1 aromatic carbocycles. The van der Waals surface area contributed by atoms with Gasteiger partial charge in [-0.2, -0.15) is 0 Å². The van der Waals surface area contributed by atoms with E-state index in [2.05, 4.69) is 15.6 Å². The van der Waals surface area contributed by atoms with Gasteiger partial charge in [0, 0.05) is 18.9 Å². The van der Waals surface area contributed by atoms with E-state index in [0.717, 1.165) is 12.8 Å². The minimum Gasteiger partial charge on any atom is -0.348 e. The number of carbonyl (C=O) groups is 2. The highest BCUT2D eigenvalue weighted by Crippen LogP contribution is 2.23. The lowest BCUT2D eigenvalue weighted by Gasteiger charge is -2.24. The smallest absolute Gasteiger partial charge is 0.273 e. The molecule has 3 rings (SSSR count). The Balaban J connectivity index is 1.55. The van der Waals surface area contributed by atoms with Crippen molar-refractivity contribution in [2.45, 2.75) is 64.3 Å². The molecule has 29 heavy (non-hydrogen) atoms. The summed E-state index contributed by atoms with van der Waals surface area (Å²) in [4.78, 5) is 26.3. The summed E-state index contributed by atoms with van der Waals surface area (Å²) in [5.41, 5.74) is 1.41. The molecule has 1 N–H and O–H groups in total. The van der Waals surface area contributed by atoms with Gasteiger partial charge in [-0.15, -0.1) is 5.10 Å². The predicted octanol–water partition coefficient (Wildman–Crippen LogP) is 2.38. The Morgan fingerprint density at radius 3 is 2.76 bits per heavy atom. The molecular formula is C21H28FN5O2. The highest BCUT2D eigenvalue weighted by molar-refractivity contribution is 5.91. The Morgan fingerprint density at radius 2 is 2.03 bits per heavy atom. The molecule has 0 unspecified atom stereocenters. The molecule has 0 radical (unpaired) electrons. The van der Waals surface area contributed by atoms with Gasteiger partial charge in [0.05, 0.1) is 25.3 Å². The van der Waals surface area contributed by atoms with E-state index in [0.29, 0.717) is 13.0 Å². The standard InChI is InChI=1S/C21H28FN5O2/c1-15(2)23-21(29)19-14-26(25-24-19)13-18-11-17(22)12-27(18)20(28)10-6-9-16-7-4-3-5-8-16/h3-5,7-8,14-15,17-18H,6,9-13H2,1-2H3,(H,23,29)/t17-,18-/m0/s1. The molecule has 0 spiro atoms. The van der Waals surface area contributed by atoms with Crippen LogP contribution < -0.4 is 5.32 Å². The molecule has 1 aliphatic rings. The summed E-state index contributed by atoms with van der Waals surface area (Å²) in [6, 6.07) is 9.73. The molecule has 0 bridgehead atoms. The number of hydrogen-bond acceptors (Lipinski definition) is 4. The van der Waals surface area contributed by atoms with Crippen molar-refractivity contribution in [3.8, 4) is 0 Å². The third kappa shape index (κ3) is 5.85. The van der Waals surface area contributed by atoms with E-state index >= 15 is 0 Å². The van der Waals surface area contributed by atoms with Crippen LogP contribution in [0.25, 0.3) is 0 Å². The zero-order chi connectivity index (χ0) is 20.8. The van der Waals surface area contributed by atoms with Crippen LogP contribution in [0.1, 0.15) is 49.2 Å². The van der Waals surface area contributed by atoms with E-state index in [1.807, 2.05) is 44.2 Å². The Bertz CT molecular complexity index is 823. The van der Waals surface area contributed by atoms with Crippen LogP contribution in [0.5, 0.6) is 0 Å². The van der Waals surface area contributed by atoms with Gasteiger partial charge in [-0.25, -0.2) is 9.07 Å². The number of likely N-dealkylation sites (tertiary alicyclic amines) is 1. The molecular weight excluding hydrogens is 373 g/mol. The maximum atomic E-state index is 14.0. The van der Waals surface area contributed by atoms with Crippen molar-refractivity contribution in [2.75, 3.05) is 6.54 Å². The highest BCUT2D eigenvalue weighted by Gasteiger charge is 2.35. The lowest BCUT2D eigenvalue weighted by Crippen LogP contribution is -2.38. The molecule has 7 nitrogen and oxygen atoms in total. The minimum atomic E-state index is -1.04. The molecule has 0 saturated carbocycles. The topological polar surface area (TPSA) is 80.1 Å². The number of alkyl halides is 1. The Kier molecular flexibility index (Phi) is 6.95. The van der Waals surface area contributed by atoms with Gasteiger partial charge in [0.15, 0.2) is 5.69 Å². The van der Waals surface area contributed by atoms with Crippen molar-refractivity contribution in [2.24, 2.45) is 0 Å². The summed E-state index contributed by atoms with van der Waals surface area (Å²) in [6.45, 7) is 4.17. The Hall–Kier alpha value is -2.77. The summed E-state index contributed by atoms with van der Waals surface area (Å²) in [6.07, 6.45) is 2.72. The maximum Gasteiger partial charge on any atom is 0.273 e. The van der Waals surface area contributed by atoms with E-state index in [1.54, 1.807) is 11.1 Å². The molecule has 1 aromatic heterocycles. The molecule has 1 aliphatic heterocycles. The Labute approximate surface area is 170 Å². The number of halogens is 1. The first kappa shape index (κ1) is 21.0. The van der Waals surface area contributed by atoms with Crippen LogP contribution in [0, 0.1) is 0 Å². The van der Waals surface area contributed by atoms with E-state index in [9.17, 15) is 14.0 Å². The van der Waals surface area contributed by atoms with Gasteiger partial charge in [-0.05, 0) is 32.3 Å². The molecule has 2 atom stereocenters. The largest absolute Gasteiger partial charge is 0.348 e. The van der Waals surface area contributed by atoms with Crippen molar-refractivity contribution in [3.05, 3.63) is 47.8 Å². The number of benzene rings is 1. The molecule has 2 amide bonds. The summed E-state index contributed by atoms with van der Waals surface area (Å²) in [7, 11) is 0. The molecule has 1 saturated heterocycles. The second kappa shape index (κ2) is 9.62. The average molecular weight is 401 g/mol. The second-order valence-electron chi connectivity index (χ2n) is 7.83. The molecule has 1 fully saturated rings. The number of nitrogens with one attached hydrogen (secondary N) is 1. The van der Waals surface area contributed by atoms with Crippen molar-refractivity contribution >= 4 is 11.8 Å². The quantitative estimate of drug-likeness (QED) is 0.737. The van der Waals surface area contributed by atoms with Crippen LogP contribution in [0.4, 0.5) is 4.39 Å². The Morgan fingerprint density at radius 1 is 1.28 bits per heavy atom. The summed E-state index contributed by atoms with van der Waals surface area (Å²) in [5, 5.41) is 10.6. The van der Waals surface area contributed by atoms with Crippen LogP contribution in [0.3, 0.4) is 0 Å². The van der Waals surface area contributed by atoms with E-state index in [-0.39, 0.29) is 42.6 Å². The van der Waals surface area contributed by atoms with Gasteiger partial charge in [-0.1, -0.05) is 35.5 Å². The van der Waals surface area contributed by atoms with Crippen molar-refractivity contribution in [3.63, 3.8) is 0 Å². The average Bonchev–Trinajstić information content (AvgIpc) is 3.29. The van der Waals surface area contributed by atoms with E-state index < -0.39 is 6.17 Å². The second-order valence-corrected chi connectivity index (χ2v) is 7.83. The normalized spacial score (nSPS) is 19.0. The predicted molar refractivity (Wildman–Crippen MR) is 107 cm³/mol. The van der Waals surface area contributed by atoms with Gasteiger partial charge in [-0.3, -0.25) is 9.59 Å². The van der Waals surface area contributed by atoms with Crippen molar-refractivity contribution < 1.29 is 14.0 Å². The number of amides is 2. The third-order valence-electron chi connectivity index (χ3n) is 4.97.